The topological polar surface area (TPSA) is 58.4 Å². The Labute approximate surface area is 124 Å². The van der Waals surface area contributed by atoms with Gasteiger partial charge in [-0.3, -0.25) is 0 Å². The van der Waals surface area contributed by atoms with E-state index in [0.29, 0.717) is 18.4 Å². The number of para-hydroxylation sites is 1. The maximum atomic E-state index is 12.3. The van der Waals surface area contributed by atoms with Crippen molar-refractivity contribution in [2.75, 3.05) is 13.1 Å². The number of hydrogen-bond donors (Lipinski definition) is 1. The van der Waals surface area contributed by atoms with Crippen molar-refractivity contribution >= 4 is 17.0 Å². The van der Waals surface area contributed by atoms with Crippen molar-refractivity contribution in [2.24, 2.45) is 11.8 Å². The number of likely N-dealkylation sites (tertiary alicyclic amines) is 1. The summed E-state index contributed by atoms with van der Waals surface area (Å²) in [6, 6.07) is 7.67. The first-order valence-electron chi connectivity index (χ1n) is 7.49. The summed E-state index contributed by atoms with van der Waals surface area (Å²) in [6.45, 7) is 6.45. The molecule has 1 aliphatic rings. The molecule has 1 saturated heterocycles. The molecule has 0 saturated carbocycles. The van der Waals surface area contributed by atoms with Crippen LogP contribution in [0.15, 0.2) is 28.8 Å². The molecule has 1 aliphatic heterocycles. The van der Waals surface area contributed by atoms with Gasteiger partial charge in [0.25, 0.3) is 0 Å². The number of amides is 2. The number of carbonyl (C=O) groups excluding carboxylic acids is 1. The molecule has 2 atom stereocenters. The van der Waals surface area contributed by atoms with Gasteiger partial charge in [-0.2, -0.15) is 0 Å². The smallest absolute Gasteiger partial charge is 0.317 e. The molecule has 1 N–H and O–H groups in total. The number of carbonyl (C=O) groups is 1. The number of piperidine rings is 1. The number of urea groups is 1. The average molecular weight is 287 g/mol. The summed E-state index contributed by atoms with van der Waals surface area (Å²) in [6.07, 6.45) is 1.19. The Morgan fingerprint density at radius 1 is 1.33 bits per heavy atom. The lowest BCUT2D eigenvalue weighted by Crippen LogP contribution is -2.47. The van der Waals surface area contributed by atoms with Crippen LogP contribution in [0.4, 0.5) is 4.79 Å². The maximum Gasteiger partial charge on any atom is 0.317 e. The SMILES string of the molecule is C[C@@H]1C[C@H](C)CN(C(=O)NCc2noc3ccccc23)C1. The summed E-state index contributed by atoms with van der Waals surface area (Å²) >= 11 is 0. The van der Waals surface area contributed by atoms with E-state index in [1.54, 1.807) is 0 Å². The molecule has 0 unspecified atom stereocenters. The lowest BCUT2D eigenvalue weighted by molar-refractivity contribution is 0.145. The van der Waals surface area contributed by atoms with Crippen LogP contribution in [-0.2, 0) is 6.54 Å². The number of nitrogens with zero attached hydrogens (tertiary/aromatic N) is 2. The minimum absolute atomic E-state index is 0.0134. The zero-order chi connectivity index (χ0) is 14.8. The monoisotopic (exact) mass is 287 g/mol. The predicted molar refractivity (Wildman–Crippen MR) is 80.8 cm³/mol. The van der Waals surface area contributed by atoms with E-state index in [4.69, 9.17) is 4.52 Å². The van der Waals surface area contributed by atoms with Gasteiger partial charge in [0.05, 0.1) is 6.54 Å². The van der Waals surface area contributed by atoms with Crippen LogP contribution in [0.3, 0.4) is 0 Å². The molecule has 2 aromatic rings. The summed E-state index contributed by atoms with van der Waals surface area (Å²) in [7, 11) is 0. The fourth-order valence-corrected chi connectivity index (χ4v) is 3.17. The molecular weight excluding hydrogens is 266 g/mol. The first-order chi connectivity index (χ1) is 10.1. The molecule has 1 aromatic heterocycles. The number of fused-ring (bicyclic) bond motifs is 1. The first-order valence-corrected chi connectivity index (χ1v) is 7.49. The van der Waals surface area contributed by atoms with Crippen LogP contribution >= 0.6 is 0 Å². The molecule has 0 radical (unpaired) electrons. The van der Waals surface area contributed by atoms with Crippen LogP contribution in [0.1, 0.15) is 26.0 Å². The zero-order valence-electron chi connectivity index (χ0n) is 12.5. The minimum atomic E-state index is -0.0134. The van der Waals surface area contributed by atoms with E-state index < -0.39 is 0 Å². The van der Waals surface area contributed by atoms with Crippen molar-refractivity contribution in [1.82, 2.24) is 15.4 Å². The minimum Gasteiger partial charge on any atom is -0.356 e. The first kappa shape index (κ1) is 13.9. The van der Waals surface area contributed by atoms with Crippen LogP contribution in [-0.4, -0.2) is 29.2 Å². The van der Waals surface area contributed by atoms with Gasteiger partial charge in [0.15, 0.2) is 5.58 Å². The van der Waals surface area contributed by atoms with Crippen LogP contribution in [0.25, 0.3) is 11.0 Å². The highest BCUT2D eigenvalue weighted by molar-refractivity contribution is 5.80. The predicted octanol–water partition coefficient (Wildman–Crippen LogP) is 3.02. The zero-order valence-corrected chi connectivity index (χ0v) is 12.5. The third-order valence-electron chi connectivity index (χ3n) is 4.02. The Balaban J connectivity index is 1.63. The normalized spacial score (nSPS) is 22.5. The van der Waals surface area contributed by atoms with Gasteiger partial charge >= 0.3 is 6.03 Å². The van der Waals surface area contributed by atoms with E-state index in [0.717, 1.165) is 29.8 Å². The fraction of sp³-hybridized carbons (Fsp3) is 0.500. The highest BCUT2D eigenvalue weighted by atomic mass is 16.5. The quantitative estimate of drug-likeness (QED) is 0.923. The van der Waals surface area contributed by atoms with Crippen LogP contribution < -0.4 is 5.32 Å². The average Bonchev–Trinajstić information content (AvgIpc) is 2.87. The number of nitrogens with one attached hydrogen (secondary N) is 1. The highest BCUT2D eigenvalue weighted by Gasteiger charge is 2.25. The molecule has 0 aliphatic carbocycles. The molecule has 21 heavy (non-hydrogen) atoms. The van der Waals surface area contributed by atoms with Crippen molar-refractivity contribution in [3.8, 4) is 0 Å². The second kappa shape index (κ2) is 5.76. The third-order valence-corrected chi connectivity index (χ3v) is 4.02. The van der Waals surface area contributed by atoms with Gasteiger partial charge in [-0.25, -0.2) is 4.79 Å². The van der Waals surface area contributed by atoms with Gasteiger partial charge in [-0.05, 0) is 30.4 Å². The fourth-order valence-electron chi connectivity index (χ4n) is 3.17. The third kappa shape index (κ3) is 3.01. The summed E-state index contributed by atoms with van der Waals surface area (Å²) in [5.74, 6) is 1.12. The molecule has 3 rings (SSSR count). The molecule has 0 bridgehead atoms. The Hall–Kier alpha value is -2.04. The van der Waals surface area contributed by atoms with E-state index in [9.17, 15) is 4.79 Å². The van der Waals surface area contributed by atoms with Gasteiger partial charge < -0.3 is 14.7 Å². The van der Waals surface area contributed by atoms with Gasteiger partial charge in [0, 0.05) is 18.5 Å². The Kier molecular flexibility index (Phi) is 3.82. The van der Waals surface area contributed by atoms with Crippen LogP contribution in [0.2, 0.25) is 0 Å². The van der Waals surface area contributed by atoms with E-state index in [-0.39, 0.29) is 6.03 Å². The van der Waals surface area contributed by atoms with Crippen molar-refractivity contribution in [3.05, 3.63) is 30.0 Å². The van der Waals surface area contributed by atoms with Crippen molar-refractivity contribution in [2.45, 2.75) is 26.8 Å². The number of benzene rings is 1. The molecule has 1 aromatic carbocycles. The molecular formula is C16H21N3O2. The summed E-state index contributed by atoms with van der Waals surface area (Å²) in [5, 5.41) is 7.94. The van der Waals surface area contributed by atoms with E-state index in [1.807, 2.05) is 29.2 Å². The van der Waals surface area contributed by atoms with Crippen molar-refractivity contribution in [1.29, 1.82) is 0 Å². The van der Waals surface area contributed by atoms with Gasteiger partial charge in [-0.1, -0.05) is 31.1 Å². The molecule has 5 heteroatoms. The van der Waals surface area contributed by atoms with Crippen molar-refractivity contribution < 1.29 is 9.32 Å². The second-order valence-electron chi connectivity index (χ2n) is 6.14. The number of aromatic nitrogens is 1. The second-order valence-corrected chi connectivity index (χ2v) is 6.14. The Morgan fingerprint density at radius 3 is 2.81 bits per heavy atom. The van der Waals surface area contributed by atoms with Gasteiger partial charge in [-0.15, -0.1) is 0 Å². The Bertz CT molecular complexity index is 627. The summed E-state index contributed by atoms with van der Waals surface area (Å²) < 4.78 is 5.25. The lowest BCUT2D eigenvalue weighted by Gasteiger charge is -2.34. The largest absolute Gasteiger partial charge is 0.356 e. The maximum absolute atomic E-state index is 12.3. The lowest BCUT2D eigenvalue weighted by atomic mass is 9.92. The van der Waals surface area contributed by atoms with Gasteiger partial charge in [0.1, 0.15) is 5.69 Å². The number of rotatable bonds is 2. The van der Waals surface area contributed by atoms with E-state index in [1.165, 1.54) is 6.42 Å². The standard InChI is InChI=1S/C16H21N3O2/c1-11-7-12(2)10-19(9-11)16(20)17-8-14-13-5-3-4-6-15(13)21-18-14/h3-6,11-12H,7-10H2,1-2H3,(H,17,20)/t11-,12+. The molecule has 1 fully saturated rings. The number of hydrogen-bond acceptors (Lipinski definition) is 3. The summed E-state index contributed by atoms with van der Waals surface area (Å²) in [5.41, 5.74) is 1.53. The molecule has 0 spiro atoms. The molecule has 5 nitrogen and oxygen atoms in total. The van der Waals surface area contributed by atoms with E-state index >= 15 is 0 Å². The van der Waals surface area contributed by atoms with Crippen LogP contribution in [0, 0.1) is 11.8 Å². The molecule has 2 heterocycles. The molecule has 112 valence electrons. The van der Waals surface area contributed by atoms with Crippen LogP contribution in [0.5, 0.6) is 0 Å². The van der Waals surface area contributed by atoms with Crippen molar-refractivity contribution in [3.63, 3.8) is 0 Å². The summed E-state index contributed by atoms with van der Waals surface area (Å²) in [4.78, 5) is 14.2. The van der Waals surface area contributed by atoms with Gasteiger partial charge in [0.2, 0.25) is 0 Å². The Morgan fingerprint density at radius 2 is 2.05 bits per heavy atom. The highest BCUT2D eigenvalue weighted by Crippen LogP contribution is 2.21. The molecule has 2 amide bonds. The van der Waals surface area contributed by atoms with E-state index in [2.05, 4.69) is 24.3 Å².